The summed E-state index contributed by atoms with van der Waals surface area (Å²) in [5, 5.41) is 40.0. The van der Waals surface area contributed by atoms with E-state index in [1.54, 1.807) is 34.1 Å². The molecule has 0 aliphatic carbocycles. The first-order valence-electron chi connectivity index (χ1n) is 17.1. The molecule has 0 spiro atoms. The van der Waals surface area contributed by atoms with Crippen LogP contribution in [0.15, 0.2) is 60.7 Å². The molecule has 0 unspecified atom stereocenters. The summed E-state index contributed by atoms with van der Waals surface area (Å²) < 4.78 is 23.0. The smallest absolute Gasteiger partial charge is 0.321 e. The van der Waals surface area contributed by atoms with Crippen molar-refractivity contribution in [1.29, 1.82) is 0 Å². The molecule has 16 heteroatoms. The summed E-state index contributed by atoms with van der Waals surface area (Å²) >= 11 is 13.8. The standard InChI is InChI=1S/C38H40Cl2N4O10/c1-51-35-21(15-43-17-25(45)13-29(43)37(47)48)9-11-31(41-35)53-19-23-5-3-7-27(33(23)39)28-8-4-6-24(34(28)40)20-54-32-12-10-22(36(42-32)52-2)16-44-18-26(46)14-30(44)38(49)50/h3-12,25-26,29-30,45-46H,13-20H2,1-2H3,(H,47,48)(H,49,50)/t25-,26-,29-,30-/m0/s1. The van der Waals surface area contributed by atoms with E-state index in [1.807, 2.05) is 36.4 Å². The number of pyridine rings is 2. The zero-order valence-electron chi connectivity index (χ0n) is 29.5. The number of rotatable bonds is 15. The van der Waals surface area contributed by atoms with Gasteiger partial charge in [0.15, 0.2) is 0 Å². The van der Waals surface area contributed by atoms with E-state index in [-0.39, 0.29) is 75.8 Å². The molecule has 286 valence electrons. The lowest BCUT2D eigenvalue weighted by molar-refractivity contribution is -0.143. The monoisotopic (exact) mass is 782 g/mol. The zero-order valence-corrected chi connectivity index (χ0v) is 31.0. The molecule has 2 aromatic carbocycles. The van der Waals surface area contributed by atoms with Crippen LogP contribution in [0.1, 0.15) is 35.1 Å². The van der Waals surface area contributed by atoms with Crippen LogP contribution in [0.2, 0.25) is 10.0 Å². The van der Waals surface area contributed by atoms with Crippen LogP contribution in [0.5, 0.6) is 23.5 Å². The maximum atomic E-state index is 11.7. The normalized spacial score (nSPS) is 20.2. The second kappa shape index (κ2) is 17.2. The molecule has 6 rings (SSSR count). The zero-order chi connectivity index (χ0) is 38.5. The Hall–Kier alpha value is -4.70. The maximum Gasteiger partial charge on any atom is 0.321 e. The van der Waals surface area contributed by atoms with Gasteiger partial charge in [-0.15, -0.1) is 0 Å². The number of hydrogen-bond donors (Lipinski definition) is 4. The lowest BCUT2D eigenvalue weighted by Crippen LogP contribution is -2.35. The molecule has 0 bridgehead atoms. The molecule has 2 saturated heterocycles. The van der Waals surface area contributed by atoms with Crippen molar-refractivity contribution in [2.75, 3.05) is 27.3 Å². The molecule has 2 aliphatic rings. The van der Waals surface area contributed by atoms with Gasteiger partial charge in [0.2, 0.25) is 23.5 Å². The molecule has 4 atom stereocenters. The van der Waals surface area contributed by atoms with Crippen LogP contribution in [0.4, 0.5) is 0 Å². The third kappa shape index (κ3) is 8.81. The Morgan fingerprint density at radius 1 is 0.667 bits per heavy atom. The van der Waals surface area contributed by atoms with Crippen LogP contribution in [0, 0.1) is 0 Å². The van der Waals surface area contributed by atoms with Gasteiger partial charge in [0.25, 0.3) is 0 Å². The first-order chi connectivity index (χ1) is 25.9. The average Bonchev–Trinajstić information content (AvgIpc) is 3.72. The van der Waals surface area contributed by atoms with E-state index in [0.717, 1.165) is 0 Å². The first-order valence-corrected chi connectivity index (χ1v) is 17.9. The molecule has 2 aromatic heterocycles. The predicted molar refractivity (Wildman–Crippen MR) is 197 cm³/mol. The summed E-state index contributed by atoms with van der Waals surface area (Å²) in [6.07, 6.45) is -1.12. The summed E-state index contributed by atoms with van der Waals surface area (Å²) in [6, 6.07) is 16.3. The highest BCUT2D eigenvalue weighted by molar-refractivity contribution is 6.37. The molecular formula is C38H40Cl2N4O10. The van der Waals surface area contributed by atoms with E-state index in [0.29, 0.717) is 43.4 Å². The van der Waals surface area contributed by atoms with E-state index >= 15 is 0 Å². The quantitative estimate of drug-likeness (QED) is 0.131. The van der Waals surface area contributed by atoms with Gasteiger partial charge in [0.05, 0.1) is 36.5 Å². The fraction of sp³-hybridized carbons (Fsp3) is 0.368. The SMILES string of the molecule is COc1nc(OCc2cccc(-c3cccc(COc4ccc(CN5C[C@@H](O)C[C@H]5C(=O)O)c(OC)n4)c3Cl)c2Cl)ccc1CN1C[C@@H](O)C[C@H]1C(=O)O. The number of aromatic nitrogens is 2. The fourth-order valence-corrected chi connectivity index (χ4v) is 7.39. The minimum absolute atomic E-state index is 0.0841. The number of ether oxygens (including phenoxy) is 4. The summed E-state index contributed by atoms with van der Waals surface area (Å²) in [5.74, 6) is -0.854. The van der Waals surface area contributed by atoms with Gasteiger partial charge in [0, 0.05) is 84.5 Å². The number of benzene rings is 2. The summed E-state index contributed by atoms with van der Waals surface area (Å²) in [7, 11) is 2.94. The Morgan fingerprint density at radius 2 is 1.07 bits per heavy atom. The van der Waals surface area contributed by atoms with Gasteiger partial charge in [-0.25, -0.2) is 0 Å². The lowest BCUT2D eigenvalue weighted by atomic mass is 10.0. The Labute approximate surface area is 321 Å². The van der Waals surface area contributed by atoms with Crippen molar-refractivity contribution >= 4 is 35.1 Å². The molecule has 2 aliphatic heterocycles. The van der Waals surface area contributed by atoms with Crippen LogP contribution in [0.3, 0.4) is 0 Å². The van der Waals surface area contributed by atoms with Gasteiger partial charge >= 0.3 is 11.9 Å². The van der Waals surface area contributed by atoms with Crippen molar-refractivity contribution in [3.8, 4) is 34.6 Å². The highest BCUT2D eigenvalue weighted by atomic mass is 35.5. The van der Waals surface area contributed by atoms with E-state index in [1.165, 1.54) is 14.2 Å². The molecule has 0 saturated carbocycles. The topological polar surface area (TPSA) is 184 Å². The van der Waals surface area contributed by atoms with Gasteiger partial charge in [-0.3, -0.25) is 19.4 Å². The van der Waals surface area contributed by atoms with Crippen molar-refractivity contribution in [2.45, 2.75) is 63.4 Å². The summed E-state index contributed by atoms with van der Waals surface area (Å²) in [5.41, 5.74) is 4.04. The number of carboxylic acids is 2. The Bertz CT molecular complexity index is 1860. The van der Waals surface area contributed by atoms with Crippen molar-refractivity contribution < 1.29 is 49.0 Å². The molecule has 0 amide bonds. The number of methoxy groups -OCH3 is 2. The second-order valence-electron chi connectivity index (χ2n) is 13.1. The first kappa shape index (κ1) is 39.0. The van der Waals surface area contributed by atoms with Gasteiger partial charge in [-0.1, -0.05) is 59.6 Å². The van der Waals surface area contributed by atoms with E-state index in [4.69, 9.17) is 42.1 Å². The van der Waals surface area contributed by atoms with Crippen molar-refractivity contribution in [2.24, 2.45) is 0 Å². The Morgan fingerprint density at radius 3 is 1.44 bits per heavy atom. The van der Waals surface area contributed by atoms with E-state index < -0.39 is 36.2 Å². The van der Waals surface area contributed by atoms with Gasteiger partial charge in [0.1, 0.15) is 25.3 Å². The molecule has 4 N–H and O–H groups in total. The van der Waals surface area contributed by atoms with E-state index in [2.05, 4.69) is 9.97 Å². The third-order valence-electron chi connectivity index (χ3n) is 9.49. The molecule has 0 radical (unpaired) electrons. The Balaban J connectivity index is 1.11. The second-order valence-corrected chi connectivity index (χ2v) is 13.9. The highest BCUT2D eigenvalue weighted by Crippen LogP contribution is 2.38. The van der Waals surface area contributed by atoms with Crippen LogP contribution >= 0.6 is 23.2 Å². The van der Waals surface area contributed by atoms with Crippen LogP contribution in [0.25, 0.3) is 11.1 Å². The number of halogens is 2. The molecule has 2 fully saturated rings. The number of aliphatic hydroxyl groups is 2. The highest BCUT2D eigenvalue weighted by Gasteiger charge is 2.37. The fourth-order valence-electron chi connectivity index (χ4n) is 6.82. The molecule has 14 nitrogen and oxygen atoms in total. The maximum absolute atomic E-state index is 11.7. The minimum atomic E-state index is -0.990. The largest absolute Gasteiger partial charge is 0.481 e. The Kier molecular flexibility index (Phi) is 12.4. The number of β-amino-alcohol motifs (C(OH)–C–C–N with tert-alkyl or cyclic N) is 2. The van der Waals surface area contributed by atoms with Crippen LogP contribution in [-0.4, -0.2) is 104 Å². The number of aliphatic carboxylic acids is 2. The minimum Gasteiger partial charge on any atom is -0.481 e. The van der Waals surface area contributed by atoms with Crippen molar-refractivity contribution in [3.05, 3.63) is 93.0 Å². The lowest BCUT2D eigenvalue weighted by Gasteiger charge is -2.21. The number of hydrogen-bond acceptors (Lipinski definition) is 12. The summed E-state index contributed by atoms with van der Waals surface area (Å²) in [4.78, 5) is 35.6. The third-order valence-corrected chi connectivity index (χ3v) is 10.4. The number of carbonyl (C=O) groups is 2. The van der Waals surface area contributed by atoms with Gasteiger partial charge < -0.3 is 39.4 Å². The summed E-state index contributed by atoms with van der Waals surface area (Å²) in [6.45, 7) is 1.11. The van der Waals surface area contributed by atoms with Crippen LogP contribution < -0.4 is 18.9 Å². The van der Waals surface area contributed by atoms with E-state index in [9.17, 15) is 30.0 Å². The van der Waals surface area contributed by atoms with Crippen molar-refractivity contribution in [3.63, 3.8) is 0 Å². The van der Waals surface area contributed by atoms with Crippen LogP contribution in [-0.2, 0) is 35.9 Å². The van der Waals surface area contributed by atoms with Gasteiger partial charge in [-0.05, 0) is 12.1 Å². The molecule has 4 heterocycles. The number of likely N-dealkylation sites (tertiary alicyclic amines) is 2. The molecular weight excluding hydrogens is 743 g/mol. The number of aliphatic hydroxyl groups excluding tert-OH is 2. The number of carboxylic acid groups (broad SMARTS) is 2. The predicted octanol–water partition coefficient (Wildman–Crippen LogP) is 4.67. The molecule has 54 heavy (non-hydrogen) atoms. The van der Waals surface area contributed by atoms with Gasteiger partial charge in [-0.2, -0.15) is 9.97 Å². The average molecular weight is 784 g/mol. The number of nitrogens with zero attached hydrogens (tertiary/aromatic N) is 4. The molecule has 4 aromatic rings. The van der Waals surface area contributed by atoms with Crippen molar-refractivity contribution in [1.82, 2.24) is 19.8 Å².